The van der Waals surface area contributed by atoms with E-state index in [2.05, 4.69) is 0 Å². The fraction of sp³-hybridized carbons (Fsp3) is 0.286. The van der Waals surface area contributed by atoms with E-state index in [-0.39, 0.29) is 12.1 Å². The number of halogens is 5. The number of alkyl halides is 3. The topological polar surface area (TPSA) is 52.6 Å². The summed E-state index contributed by atoms with van der Waals surface area (Å²) in [5.74, 6) is -7.32. The molecule has 0 atom stereocenters. The van der Waals surface area contributed by atoms with Gasteiger partial charge in [0, 0.05) is 13.8 Å². The van der Waals surface area contributed by atoms with Crippen molar-refractivity contribution < 1.29 is 41.0 Å². The predicted molar refractivity (Wildman–Crippen MR) is 65.6 cm³/mol. The lowest BCUT2D eigenvalue weighted by Crippen LogP contribution is -2.41. The van der Waals surface area contributed by atoms with Gasteiger partial charge in [-0.3, -0.25) is 0 Å². The number of cyclic esters (lactones) is 2. The van der Waals surface area contributed by atoms with Crippen molar-refractivity contribution in [3.05, 3.63) is 40.5 Å². The van der Waals surface area contributed by atoms with Gasteiger partial charge in [-0.25, -0.2) is 18.4 Å². The van der Waals surface area contributed by atoms with Gasteiger partial charge >= 0.3 is 18.1 Å². The van der Waals surface area contributed by atoms with Crippen LogP contribution in [0.4, 0.5) is 22.0 Å². The Labute approximate surface area is 126 Å². The number of hydrogen-bond acceptors (Lipinski definition) is 4. The molecule has 0 unspecified atom stereocenters. The van der Waals surface area contributed by atoms with Gasteiger partial charge in [-0.15, -0.1) is 0 Å². The molecule has 9 heteroatoms. The van der Waals surface area contributed by atoms with Gasteiger partial charge in [0.1, 0.15) is 5.57 Å². The number of hydrogen-bond donors (Lipinski definition) is 0. The van der Waals surface area contributed by atoms with Crippen molar-refractivity contribution in [2.24, 2.45) is 0 Å². The predicted octanol–water partition coefficient (Wildman–Crippen LogP) is 3.20. The molecule has 0 aliphatic carbocycles. The minimum atomic E-state index is -5.03. The second-order valence-corrected chi connectivity index (χ2v) is 5.09. The van der Waals surface area contributed by atoms with Gasteiger partial charge in [-0.2, -0.15) is 13.2 Å². The largest absolute Gasteiger partial charge is 0.419 e. The summed E-state index contributed by atoms with van der Waals surface area (Å²) in [7, 11) is 0. The Kier molecular flexibility index (Phi) is 3.91. The molecule has 0 saturated carbocycles. The molecule has 4 nitrogen and oxygen atoms in total. The maximum Gasteiger partial charge on any atom is 0.417 e. The average Bonchev–Trinajstić information content (AvgIpc) is 2.35. The first kappa shape index (κ1) is 16.9. The third kappa shape index (κ3) is 3.49. The van der Waals surface area contributed by atoms with Crippen LogP contribution in [-0.2, 0) is 25.2 Å². The molecule has 1 aromatic carbocycles. The first-order valence-electron chi connectivity index (χ1n) is 6.15. The monoisotopic (exact) mass is 336 g/mol. The molecule has 1 aliphatic heterocycles. The summed E-state index contributed by atoms with van der Waals surface area (Å²) in [6, 6.07) is 0.163. The lowest BCUT2D eigenvalue weighted by molar-refractivity contribution is -0.222. The van der Waals surface area contributed by atoms with Gasteiger partial charge < -0.3 is 9.47 Å². The fourth-order valence-corrected chi connectivity index (χ4v) is 1.86. The molecular weight excluding hydrogens is 327 g/mol. The summed E-state index contributed by atoms with van der Waals surface area (Å²) >= 11 is 0. The first-order chi connectivity index (χ1) is 10.4. The highest BCUT2D eigenvalue weighted by atomic mass is 19.4. The standard InChI is InChI=1S/C14H9F5O4/c1-13(2)22-11(20)7(12(21)23-13)3-6-4-9(15)10(16)5-8(6)14(17,18)19/h3-5H,1-2H3. The zero-order valence-corrected chi connectivity index (χ0v) is 11.8. The van der Waals surface area contributed by atoms with Crippen LogP contribution in [0.2, 0.25) is 0 Å². The molecule has 1 aromatic rings. The van der Waals surface area contributed by atoms with E-state index in [9.17, 15) is 31.5 Å². The van der Waals surface area contributed by atoms with E-state index in [4.69, 9.17) is 9.47 Å². The van der Waals surface area contributed by atoms with Crippen LogP contribution < -0.4 is 0 Å². The number of ether oxygens (including phenoxy) is 2. The number of carbonyl (C=O) groups excluding carboxylic acids is 2. The van der Waals surface area contributed by atoms with Gasteiger partial charge in [-0.1, -0.05) is 0 Å². The van der Waals surface area contributed by atoms with Crippen molar-refractivity contribution in [3.63, 3.8) is 0 Å². The Morgan fingerprint density at radius 1 is 1.00 bits per heavy atom. The average molecular weight is 336 g/mol. The molecule has 1 fully saturated rings. The van der Waals surface area contributed by atoms with E-state index >= 15 is 0 Å². The molecule has 0 amide bonds. The Bertz CT molecular complexity index is 697. The Hall–Kier alpha value is -2.45. The molecule has 1 saturated heterocycles. The third-order valence-corrected chi connectivity index (χ3v) is 2.81. The normalized spacial score (nSPS) is 17.6. The van der Waals surface area contributed by atoms with Crippen molar-refractivity contribution in [3.8, 4) is 0 Å². The summed E-state index contributed by atoms with van der Waals surface area (Å²) in [6.45, 7) is 2.50. The molecule has 0 bridgehead atoms. The van der Waals surface area contributed by atoms with Crippen LogP contribution in [0.1, 0.15) is 25.0 Å². The maximum atomic E-state index is 13.2. The number of benzene rings is 1. The van der Waals surface area contributed by atoms with Crippen LogP contribution >= 0.6 is 0 Å². The Balaban J connectivity index is 2.57. The van der Waals surface area contributed by atoms with Crippen LogP contribution in [-0.4, -0.2) is 17.7 Å². The van der Waals surface area contributed by atoms with Gasteiger partial charge in [0.05, 0.1) is 5.56 Å². The first-order valence-corrected chi connectivity index (χ1v) is 6.15. The van der Waals surface area contributed by atoms with Gasteiger partial charge in [0.15, 0.2) is 11.6 Å². The minimum absolute atomic E-state index is 0.0643. The van der Waals surface area contributed by atoms with E-state index in [1.54, 1.807) is 0 Å². The van der Waals surface area contributed by atoms with Crippen LogP contribution in [0.3, 0.4) is 0 Å². The molecule has 124 valence electrons. The van der Waals surface area contributed by atoms with Gasteiger partial charge in [0.25, 0.3) is 5.79 Å². The van der Waals surface area contributed by atoms with E-state index in [1.807, 2.05) is 0 Å². The molecule has 0 radical (unpaired) electrons. The molecular formula is C14H9F5O4. The maximum absolute atomic E-state index is 13.2. The third-order valence-electron chi connectivity index (χ3n) is 2.81. The smallest absolute Gasteiger partial charge is 0.417 e. The number of esters is 2. The van der Waals surface area contributed by atoms with E-state index in [0.717, 1.165) is 0 Å². The van der Waals surface area contributed by atoms with Crippen LogP contribution in [0.25, 0.3) is 6.08 Å². The second-order valence-electron chi connectivity index (χ2n) is 5.09. The zero-order valence-electron chi connectivity index (χ0n) is 11.8. The summed E-state index contributed by atoms with van der Waals surface area (Å²) in [6.07, 6.45) is -4.58. The summed E-state index contributed by atoms with van der Waals surface area (Å²) in [4.78, 5) is 23.4. The van der Waals surface area contributed by atoms with E-state index in [1.165, 1.54) is 13.8 Å². The van der Waals surface area contributed by atoms with Crippen LogP contribution in [0.15, 0.2) is 17.7 Å². The van der Waals surface area contributed by atoms with Crippen LogP contribution in [0, 0.1) is 11.6 Å². The van der Waals surface area contributed by atoms with Crippen molar-refractivity contribution in [2.45, 2.75) is 25.8 Å². The minimum Gasteiger partial charge on any atom is -0.419 e. The lowest BCUT2D eigenvalue weighted by atomic mass is 10.0. The number of carbonyl (C=O) groups is 2. The summed E-state index contributed by atoms with van der Waals surface area (Å²) in [5, 5.41) is 0. The zero-order chi connectivity index (χ0) is 17.6. The van der Waals surface area contributed by atoms with Crippen molar-refractivity contribution in [1.82, 2.24) is 0 Å². The highest BCUT2D eigenvalue weighted by Crippen LogP contribution is 2.35. The molecule has 2 rings (SSSR count). The van der Waals surface area contributed by atoms with E-state index in [0.29, 0.717) is 6.08 Å². The lowest BCUT2D eigenvalue weighted by Gasteiger charge is -2.29. The summed E-state index contributed by atoms with van der Waals surface area (Å²) in [5.41, 5.74) is -3.31. The molecule has 1 heterocycles. The molecule has 0 aromatic heterocycles. The van der Waals surface area contributed by atoms with Crippen molar-refractivity contribution in [2.75, 3.05) is 0 Å². The highest BCUT2D eigenvalue weighted by Gasteiger charge is 2.40. The highest BCUT2D eigenvalue weighted by molar-refractivity contribution is 6.18. The molecule has 23 heavy (non-hydrogen) atoms. The summed E-state index contributed by atoms with van der Waals surface area (Å²) < 4.78 is 74.3. The number of rotatable bonds is 1. The molecule has 0 spiro atoms. The second kappa shape index (κ2) is 5.32. The van der Waals surface area contributed by atoms with Crippen molar-refractivity contribution in [1.29, 1.82) is 0 Å². The van der Waals surface area contributed by atoms with Gasteiger partial charge in [-0.05, 0) is 23.8 Å². The Morgan fingerprint density at radius 3 is 1.96 bits per heavy atom. The quantitative estimate of drug-likeness (QED) is 0.342. The Morgan fingerprint density at radius 2 is 1.48 bits per heavy atom. The fourth-order valence-electron chi connectivity index (χ4n) is 1.86. The van der Waals surface area contributed by atoms with Crippen molar-refractivity contribution >= 4 is 18.0 Å². The molecule has 1 aliphatic rings. The molecule has 0 N–H and O–H groups in total. The van der Waals surface area contributed by atoms with E-state index < -0.39 is 52.2 Å². The van der Waals surface area contributed by atoms with Crippen LogP contribution in [0.5, 0.6) is 0 Å². The SMILES string of the molecule is CC1(C)OC(=O)C(=Cc2cc(F)c(F)cc2C(F)(F)F)C(=O)O1. The van der Waals surface area contributed by atoms with Gasteiger partial charge in [0.2, 0.25) is 0 Å².